The Labute approximate surface area is 173 Å². The summed E-state index contributed by atoms with van der Waals surface area (Å²) in [5.74, 6) is -0.162. The summed E-state index contributed by atoms with van der Waals surface area (Å²) in [4.78, 5) is 15.2. The number of halogens is 3. The first-order valence-corrected chi connectivity index (χ1v) is 10.2. The Kier molecular flexibility index (Phi) is 5.53. The highest BCUT2D eigenvalue weighted by molar-refractivity contribution is 5.97. The molecule has 0 atom stereocenters. The van der Waals surface area contributed by atoms with E-state index in [-0.39, 0.29) is 18.5 Å². The molecule has 0 bridgehead atoms. The molecule has 2 aliphatic rings. The van der Waals surface area contributed by atoms with Crippen LogP contribution < -0.4 is 10.2 Å². The van der Waals surface area contributed by atoms with Crippen LogP contribution in [0.4, 0.5) is 18.9 Å². The molecule has 2 fully saturated rings. The van der Waals surface area contributed by atoms with E-state index in [0.29, 0.717) is 24.5 Å². The summed E-state index contributed by atoms with van der Waals surface area (Å²) < 4.78 is 46.8. The zero-order chi connectivity index (χ0) is 21.5. The second-order valence-electron chi connectivity index (χ2n) is 8.04. The van der Waals surface area contributed by atoms with Crippen molar-refractivity contribution in [2.24, 2.45) is 0 Å². The van der Waals surface area contributed by atoms with E-state index < -0.39 is 11.7 Å². The number of aromatic nitrogens is 1. The predicted octanol–water partition coefficient (Wildman–Crippen LogP) is 3.90. The number of alkyl halides is 3. The average Bonchev–Trinajstić information content (AvgIpc) is 3.48. The maximum atomic E-state index is 13.2. The van der Waals surface area contributed by atoms with Gasteiger partial charge in [0.25, 0.3) is 5.91 Å². The van der Waals surface area contributed by atoms with E-state index in [2.05, 4.69) is 10.2 Å². The third kappa shape index (κ3) is 4.19. The fraction of sp³-hybridized carbons (Fsp3) is 0.500. The van der Waals surface area contributed by atoms with Crippen LogP contribution in [-0.2, 0) is 17.5 Å². The fourth-order valence-corrected chi connectivity index (χ4v) is 4.13. The molecule has 0 radical (unpaired) electrons. The van der Waals surface area contributed by atoms with Gasteiger partial charge in [-0.2, -0.15) is 13.2 Å². The highest BCUT2D eigenvalue weighted by Gasteiger charge is 2.32. The molecule has 0 unspecified atom stereocenters. The Balaban J connectivity index is 1.74. The van der Waals surface area contributed by atoms with Gasteiger partial charge in [0.1, 0.15) is 5.69 Å². The van der Waals surface area contributed by atoms with Crippen LogP contribution >= 0.6 is 0 Å². The van der Waals surface area contributed by atoms with Crippen molar-refractivity contribution in [3.63, 3.8) is 0 Å². The van der Waals surface area contributed by atoms with Crippen molar-refractivity contribution in [1.82, 2.24) is 9.88 Å². The Morgan fingerprint density at radius 1 is 1.20 bits per heavy atom. The third-order valence-corrected chi connectivity index (χ3v) is 5.78. The largest absolute Gasteiger partial charge is 0.416 e. The maximum Gasteiger partial charge on any atom is 0.416 e. The van der Waals surface area contributed by atoms with Crippen LogP contribution in [0.15, 0.2) is 24.3 Å². The lowest BCUT2D eigenvalue weighted by atomic mass is 10.1. The number of amides is 1. The Bertz CT molecular complexity index is 942. The number of nitrogens with zero attached hydrogens (tertiary/aromatic N) is 2. The summed E-state index contributed by atoms with van der Waals surface area (Å²) in [7, 11) is 0. The molecule has 1 saturated heterocycles. The predicted molar refractivity (Wildman–Crippen MR) is 108 cm³/mol. The van der Waals surface area contributed by atoms with Crippen molar-refractivity contribution in [3.05, 3.63) is 52.3 Å². The molecule has 1 saturated carbocycles. The van der Waals surface area contributed by atoms with E-state index in [9.17, 15) is 18.0 Å². The van der Waals surface area contributed by atoms with Crippen LogP contribution in [0.25, 0.3) is 0 Å². The minimum absolute atomic E-state index is 0.162. The van der Waals surface area contributed by atoms with Crippen LogP contribution in [0.2, 0.25) is 0 Å². The van der Waals surface area contributed by atoms with E-state index in [4.69, 9.17) is 4.74 Å². The van der Waals surface area contributed by atoms with Gasteiger partial charge in [-0.05, 0) is 44.4 Å². The molecule has 2 heterocycles. The van der Waals surface area contributed by atoms with Crippen LogP contribution in [0, 0.1) is 13.8 Å². The molecule has 8 heteroatoms. The van der Waals surface area contributed by atoms with Crippen molar-refractivity contribution in [1.29, 1.82) is 0 Å². The van der Waals surface area contributed by atoms with Gasteiger partial charge in [0.05, 0.1) is 24.5 Å². The molecular weight excluding hydrogens is 395 g/mol. The van der Waals surface area contributed by atoms with E-state index in [1.165, 1.54) is 6.07 Å². The smallest absolute Gasteiger partial charge is 0.378 e. The summed E-state index contributed by atoms with van der Waals surface area (Å²) in [5, 5.41) is 3.03. The summed E-state index contributed by atoms with van der Waals surface area (Å²) in [6.45, 7) is 6.72. The number of ether oxygens (including phenoxy) is 1. The van der Waals surface area contributed by atoms with Crippen molar-refractivity contribution >= 4 is 11.6 Å². The molecule has 4 rings (SSSR count). The van der Waals surface area contributed by atoms with Gasteiger partial charge in [0.15, 0.2) is 0 Å². The molecule has 2 aromatic rings. The minimum Gasteiger partial charge on any atom is -0.378 e. The van der Waals surface area contributed by atoms with Gasteiger partial charge in [-0.25, -0.2) is 0 Å². The number of carbonyl (C=O) groups excluding carboxylic acids is 1. The summed E-state index contributed by atoms with van der Waals surface area (Å²) >= 11 is 0. The number of rotatable bonds is 5. The lowest BCUT2D eigenvalue weighted by molar-refractivity contribution is -0.137. The van der Waals surface area contributed by atoms with Gasteiger partial charge in [0.2, 0.25) is 0 Å². The normalized spacial score (nSPS) is 17.3. The van der Waals surface area contributed by atoms with Crippen molar-refractivity contribution in [2.75, 3.05) is 31.2 Å². The molecule has 162 valence electrons. The number of anilines is 1. The van der Waals surface area contributed by atoms with Gasteiger partial charge in [-0.15, -0.1) is 0 Å². The molecule has 1 aliphatic carbocycles. The highest BCUT2D eigenvalue weighted by atomic mass is 19.4. The zero-order valence-electron chi connectivity index (χ0n) is 17.2. The zero-order valence-corrected chi connectivity index (χ0v) is 17.2. The molecule has 30 heavy (non-hydrogen) atoms. The van der Waals surface area contributed by atoms with Crippen molar-refractivity contribution < 1.29 is 22.7 Å². The number of morpholine rings is 1. The quantitative estimate of drug-likeness (QED) is 0.797. The molecular formula is C22H26F3N3O2. The van der Waals surface area contributed by atoms with E-state index >= 15 is 0 Å². The third-order valence-electron chi connectivity index (χ3n) is 5.78. The monoisotopic (exact) mass is 421 g/mol. The molecule has 1 aromatic heterocycles. The number of benzene rings is 1. The molecule has 5 nitrogen and oxygen atoms in total. The number of hydrogen-bond acceptors (Lipinski definition) is 3. The van der Waals surface area contributed by atoms with Crippen molar-refractivity contribution in [3.8, 4) is 0 Å². The Morgan fingerprint density at radius 2 is 1.90 bits per heavy atom. The average molecular weight is 421 g/mol. The first-order valence-electron chi connectivity index (χ1n) is 10.2. The summed E-state index contributed by atoms with van der Waals surface area (Å²) in [6.07, 6.45) is -2.47. The second-order valence-corrected chi connectivity index (χ2v) is 8.04. The second kappa shape index (κ2) is 7.98. The number of carbonyl (C=O) groups is 1. The number of hydrogen-bond donors (Lipinski definition) is 1. The van der Waals surface area contributed by atoms with Crippen LogP contribution in [-0.4, -0.2) is 42.8 Å². The van der Waals surface area contributed by atoms with Gasteiger partial charge >= 0.3 is 6.18 Å². The molecule has 1 aromatic carbocycles. The topological polar surface area (TPSA) is 46.5 Å². The Morgan fingerprint density at radius 3 is 2.53 bits per heavy atom. The lowest BCUT2D eigenvalue weighted by Gasteiger charge is -2.29. The van der Waals surface area contributed by atoms with E-state index in [0.717, 1.165) is 55.0 Å². The van der Waals surface area contributed by atoms with E-state index in [1.54, 1.807) is 6.07 Å². The first-order chi connectivity index (χ1) is 14.3. The van der Waals surface area contributed by atoms with Gasteiger partial charge in [-0.1, -0.05) is 12.1 Å². The molecule has 1 aliphatic heterocycles. The summed E-state index contributed by atoms with van der Waals surface area (Å²) in [6, 6.07) is 5.50. The van der Waals surface area contributed by atoms with Gasteiger partial charge in [-0.3, -0.25) is 4.79 Å². The van der Waals surface area contributed by atoms with Crippen LogP contribution in [0.1, 0.15) is 45.7 Å². The molecule has 0 spiro atoms. The number of nitrogens with one attached hydrogen (secondary N) is 1. The highest BCUT2D eigenvalue weighted by Crippen LogP contribution is 2.34. The SMILES string of the molecule is Cc1c(N2CCOCC2)c(C)n(Cc2cccc(C(F)(F)F)c2)c1C(=O)NC1CC1. The Hall–Kier alpha value is -2.48. The van der Waals surface area contributed by atoms with Crippen LogP contribution in [0.5, 0.6) is 0 Å². The standard InChI is InChI=1S/C22H26F3N3O2/c1-14-19(27-8-10-30-11-9-27)15(2)28(20(14)21(29)26-18-6-7-18)13-16-4-3-5-17(12-16)22(23,24)25/h3-5,12,18H,6-11,13H2,1-2H3,(H,26,29). The molecule has 1 N–H and O–H groups in total. The minimum atomic E-state index is -4.40. The molecule has 1 amide bonds. The van der Waals surface area contributed by atoms with Gasteiger partial charge < -0.3 is 19.5 Å². The van der Waals surface area contributed by atoms with E-state index in [1.807, 2.05) is 18.4 Å². The van der Waals surface area contributed by atoms with Gasteiger partial charge in [0, 0.05) is 36.9 Å². The lowest BCUT2D eigenvalue weighted by Crippen LogP contribution is -2.36. The fourth-order valence-electron chi connectivity index (χ4n) is 4.13. The maximum absolute atomic E-state index is 13.2. The summed E-state index contributed by atoms with van der Waals surface area (Å²) in [5.41, 5.74) is 3.08. The first kappa shape index (κ1) is 20.8. The van der Waals surface area contributed by atoms with Crippen molar-refractivity contribution in [2.45, 2.75) is 45.5 Å². The van der Waals surface area contributed by atoms with Crippen LogP contribution in [0.3, 0.4) is 0 Å².